The van der Waals surface area contributed by atoms with E-state index in [-0.39, 0.29) is 38.3 Å². The van der Waals surface area contributed by atoms with Crippen LogP contribution in [0.1, 0.15) is 28.8 Å². The number of ketones is 1. The number of nitrogens with zero attached hydrogens (tertiary/aromatic N) is 3. The zero-order valence-corrected chi connectivity index (χ0v) is 25.8. The number of ether oxygens (including phenoxy) is 2. The molecule has 0 aliphatic carbocycles. The number of aromatic nitrogens is 2. The van der Waals surface area contributed by atoms with E-state index in [1.54, 1.807) is 31.3 Å². The van der Waals surface area contributed by atoms with Crippen LogP contribution in [0.25, 0.3) is 0 Å². The van der Waals surface area contributed by atoms with Gasteiger partial charge in [0.1, 0.15) is 24.5 Å². The number of likely N-dealkylation sites (N-methyl/N-ethyl adjacent to an activating group) is 1. The van der Waals surface area contributed by atoms with E-state index in [9.17, 15) is 22.8 Å². The van der Waals surface area contributed by atoms with Gasteiger partial charge in [0.15, 0.2) is 17.3 Å². The van der Waals surface area contributed by atoms with Crippen molar-refractivity contribution >= 4 is 23.2 Å². The summed E-state index contributed by atoms with van der Waals surface area (Å²) in [5.41, 5.74) is 2.07. The van der Waals surface area contributed by atoms with Crippen molar-refractivity contribution in [2.75, 3.05) is 39.2 Å². The molecule has 246 valence electrons. The van der Waals surface area contributed by atoms with E-state index in [1.807, 2.05) is 24.3 Å². The van der Waals surface area contributed by atoms with Crippen molar-refractivity contribution in [2.45, 2.75) is 25.4 Å². The highest BCUT2D eigenvalue weighted by molar-refractivity contribution is 5.88. The molecule has 1 aliphatic rings. The maximum absolute atomic E-state index is 13.3. The number of fused-ring (bicyclic) bond motifs is 6. The Hall–Kier alpha value is -5.17. The fourth-order valence-corrected chi connectivity index (χ4v) is 5.15. The lowest BCUT2D eigenvalue weighted by molar-refractivity contribution is -0.137. The smallest absolute Gasteiger partial charge is 0.416 e. The van der Waals surface area contributed by atoms with Crippen LogP contribution in [0.2, 0.25) is 0 Å². The first-order valence-electron chi connectivity index (χ1n) is 14.9. The van der Waals surface area contributed by atoms with E-state index in [4.69, 9.17) is 14.3 Å². The zero-order chi connectivity index (χ0) is 33.4. The van der Waals surface area contributed by atoms with Crippen LogP contribution in [-0.4, -0.2) is 60.6 Å². The van der Waals surface area contributed by atoms with Gasteiger partial charge in [0.05, 0.1) is 31.5 Å². The molecule has 0 radical (unpaired) electrons. The monoisotopic (exact) mass is 649 g/mol. The minimum absolute atomic E-state index is 0.0624. The predicted octanol–water partition coefficient (Wildman–Crippen LogP) is 5.39. The fraction of sp³-hybridized carbons (Fsp3) is 0.294. The number of hydrogen-bond donors (Lipinski definition) is 2. The van der Waals surface area contributed by atoms with E-state index < -0.39 is 23.6 Å². The average Bonchev–Trinajstić information content (AvgIpc) is 3.02. The van der Waals surface area contributed by atoms with Crippen LogP contribution in [0.5, 0.6) is 17.2 Å². The molecule has 0 spiro atoms. The molecule has 1 aliphatic heterocycles. The molecule has 1 atom stereocenters. The lowest BCUT2D eigenvalue weighted by atomic mass is 9.92. The first-order chi connectivity index (χ1) is 22.6. The maximum atomic E-state index is 13.3. The van der Waals surface area contributed by atoms with Crippen LogP contribution in [0.4, 0.5) is 24.7 Å². The molecule has 13 heteroatoms. The number of hydroxylamine groups is 2. The lowest BCUT2D eigenvalue weighted by Crippen LogP contribution is -2.37. The first-order valence-corrected chi connectivity index (χ1v) is 14.9. The summed E-state index contributed by atoms with van der Waals surface area (Å²) in [6, 6.07) is 19.1. The van der Waals surface area contributed by atoms with Gasteiger partial charge in [0.25, 0.3) is 0 Å². The van der Waals surface area contributed by atoms with Gasteiger partial charge in [-0.3, -0.25) is 9.59 Å². The van der Waals surface area contributed by atoms with E-state index in [2.05, 4.69) is 20.6 Å². The molecule has 6 bridgehead atoms. The highest BCUT2D eigenvalue weighted by Crippen LogP contribution is 2.31. The van der Waals surface area contributed by atoms with Gasteiger partial charge in [0.2, 0.25) is 5.91 Å². The molecule has 47 heavy (non-hydrogen) atoms. The number of methoxy groups -OCH3 is 1. The van der Waals surface area contributed by atoms with Crippen molar-refractivity contribution in [1.82, 2.24) is 20.3 Å². The predicted molar refractivity (Wildman–Crippen MR) is 168 cm³/mol. The summed E-state index contributed by atoms with van der Waals surface area (Å²) in [5, 5.41) is 7.41. The Labute approximate surface area is 269 Å². The Balaban J connectivity index is 1.39. The molecule has 1 unspecified atom stereocenters. The minimum Gasteiger partial charge on any atom is -0.493 e. The van der Waals surface area contributed by atoms with Gasteiger partial charge in [-0.2, -0.15) is 13.2 Å². The number of benzene rings is 3. The zero-order valence-electron chi connectivity index (χ0n) is 25.8. The van der Waals surface area contributed by atoms with Gasteiger partial charge in [-0.25, -0.2) is 9.97 Å². The number of nitrogens with one attached hydrogen (secondary N) is 2. The number of rotatable bonds is 3. The van der Waals surface area contributed by atoms with E-state index >= 15 is 0 Å². The van der Waals surface area contributed by atoms with E-state index in [0.717, 1.165) is 23.4 Å². The number of carbonyl (C=O) groups excluding carboxylic acids is 2. The Bertz CT molecular complexity index is 1700. The summed E-state index contributed by atoms with van der Waals surface area (Å²) >= 11 is 0. The van der Waals surface area contributed by atoms with E-state index in [1.165, 1.54) is 30.6 Å². The molecule has 5 rings (SSSR count). The summed E-state index contributed by atoms with van der Waals surface area (Å²) in [6.45, 7) is 0.0789. The Morgan fingerprint density at radius 1 is 1.02 bits per heavy atom. The number of amides is 1. The van der Waals surface area contributed by atoms with Crippen LogP contribution in [0.15, 0.2) is 79.1 Å². The highest BCUT2D eigenvalue weighted by atomic mass is 19.4. The van der Waals surface area contributed by atoms with Gasteiger partial charge in [-0.1, -0.05) is 24.3 Å². The van der Waals surface area contributed by atoms with Crippen molar-refractivity contribution < 1.29 is 37.1 Å². The average molecular weight is 650 g/mol. The standard InChI is InChI=1S/C34H34F3N5O5/c1-42-20-28(43)17-24(14-22-6-9-25(10-7-22)34(35,36)37)33(44)38-12-13-46-31-16-23(8-11-30(31)45-2)15-27-19-32(40-21-39-27)41-26-4-3-5-29(18-26)47-42/h3-11,16,18-19,21,24H,12-15,17,20H2,1-2H3,(H,38,44)(H,39,40,41). The van der Waals surface area contributed by atoms with Gasteiger partial charge in [-0.05, 0) is 53.9 Å². The van der Waals surface area contributed by atoms with Gasteiger partial charge < -0.3 is 24.9 Å². The third-order valence-electron chi connectivity index (χ3n) is 7.37. The summed E-state index contributed by atoms with van der Waals surface area (Å²) < 4.78 is 50.7. The second kappa shape index (κ2) is 14.9. The van der Waals surface area contributed by atoms with Gasteiger partial charge >= 0.3 is 6.18 Å². The quantitative estimate of drug-likeness (QED) is 0.302. The van der Waals surface area contributed by atoms with Crippen molar-refractivity contribution in [2.24, 2.45) is 5.92 Å². The Morgan fingerprint density at radius 2 is 1.83 bits per heavy atom. The van der Waals surface area contributed by atoms with Gasteiger partial charge in [0, 0.05) is 43.6 Å². The summed E-state index contributed by atoms with van der Waals surface area (Å²) in [7, 11) is 3.12. The minimum atomic E-state index is -4.48. The van der Waals surface area contributed by atoms with Crippen LogP contribution < -0.4 is 24.9 Å². The van der Waals surface area contributed by atoms with Crippen molar-refractivity contribution in [1.29, 1.82) is 0 Å². The van der Waals surface area contributed by atoms with E-state index in [0.29, 0.717) is 40.7 Å². The molecule has 1 aromatic heterocycles. The third kappa shape index (κ3) is 9.42. The molecule has 0 saturated heterocycles. The first kappa shape index (κ1) is 33.2. The van der Waals surface area contributed by atoms with Crippen LogP contribution >= 0.6 is 0 Å². The molecule has 10 nitrogen and oxygen atoms in total. The molecule has 2 N–H and O–H groups in total. The second-order valence-corrected chi connectivity index (χ2v) is 11.1. The third-order valence-corrected chi connectivity index (χ3v) is 7.37. The number of alkyl halides is 3. The topological polar surface area (TPSA) is 115 Å². The number of Topliss-reactive ketones (excluding diaryl/α,β-unsaturated/α-hetero) is 1. The number of hydrogen-bond acceptors (Lipinski definition) is 9. The maximum Gasteiger partial charge on any atom is 0.416 e. The van der Waals surface area contributed by atoms with Crippen molar-refractivity contribution in [3.05, 3.63) is 102 Å². The molecule has 0 saturated carbocycles. The number of anilines is 2. The van der Waals surface area contributed by atoms with Crippen molar-refractivity contribution in [3.8, 4) is 17.2 Å². The second-order valence-electron chi connectivity index (χ2n) is 11.1. The Morgan fingerprint density at radius 3 is 2.60 bits per heavy atom. The van der Waals surface area contributed by atoms with Crippen molar-refractivity contribution in [3.63, 3.8) is 0 Å². The SMILES string of the molecule is COc1ccc2cc1OCCNC(=O)C(Cc1ccc(C(F)(F)F)cc1)CC(=O)CN(C)Oc1cccc(c1)Nc1cc(ncn1)C2. The normalized spacial score (nSPS) is 16.7. The summed E-state index contributed by atoms with van der Waals surface area (Å²) in [6.07, 6.45) is -2.61. The molecule has 3 aromatic carbocycles. The molecular formula is C34H34F3N5O5. The molecule has 2 heterocycles. The molecule has 0 fully saturated rings. The summed E-state index contributed by atoms with van der Waals surface area (Å²) in [5.74, 6) is 0.477. The van der Waals surface area contributed by atoms with Gasteiger partial charge in [-0.15, -0.1) is 5.06 Å². The largest absolute Gasteiger partial charge is 0.493 e. The summed E-state index contributed by atoms with van der Waals surface area (Å²) in [4.78, 5) is 41.1. The lowest BCUT2D eigenvalue weighted by Gasteiger charge is -2.20. The van der Waals surface area contributed by atoms with Crippen LogP contribution in [-0.2, 0) is 28.6 Å². The fourth-order valence-electron chi connectivity index (χ4n) is 5.15. The molecule has 1 amide bonds. The molecular weight excluding hydrogens is 615 g/mol. The molecule has 4 aromatic rings. The van der Waals surface area contributed by atoms with Crippen LogP contribution in [0.3, 0.4) is 0 Å². The number of halogens is 3. The Kier molecular flexibility index (Phi) is 10.6. The number of carbonyl (C=O) groups is 2. The van der Waals surface area contributed by atoms with Crippen LogP contribution in [0, 0.1) is 5.92 Å². The highest BCUT2D eigenvalue weighted by Gasteiger charge is 2.30.